The second-order valence-corrected chi connectivity index (χ2v) is 14.5. The lowest BCUT2D eigenvalue weighted by Gasteiger charge is -2.61. The number of esters is 1. The maximum absolute atomic E-state index is 12.1. The third kappa shape index (κ3) is 5.25. The first kappa shape index (κ1) is 27.5. The molecule has 0 heterocycles. The average Bonchev–Trinajstić information content (AvgIpc) is 3.17. The third-order valence-electron chi connectivity index (χ3n) is 12.6. The van der Waals surface area contributed by atoms with Crippen LogP contribution in [0.5, 0.6) is 0 Å². The van der Waals surface area contributed by atoms with Crippen molar-refractivity contribution in [2.75, 3.05) is 0 Å². The number of fused-ring (bicyclic) bond motifs is 5. The molecule has 0 amide bonds. The Balaban J connectivity index is 1.40. The van der Waals surface area contributed by atoms with Gasteiger partial charge in [-0.1, -0.05) is 61.3 Å². The van der Waals surface area contributed by atoms with Crippen molar-refractivity contribution in [3.8, 4) is 0 Å². The van der Waals surface area contributed by atoms with Crippen LogP contribution in [0, 0.1) is 58.2 Å². The zero-order chi connectivity index (χ0) is 25.4. The monoisotopic (exact) mass is 486 g/mol. The fourth-order valence-electron chi connectivity index (χ4n) is 10.4. The first-order valence-electron chi connectivity index (χ1n) is 15.8. The molecule has 35 heavy (non-hydrogen) atoms. The van der Waals surface area contributed by atoms with Gasteiger partial charge < -0.3 is 4.74 Å². The van der Waals surface area contributed by atoms with E-state index < -0.39 is 0 Å². The number of hydrogen-bond acceptors (Lipinski definition) is 2. The maximum Gasteiger partial charge on any atom is 0.306 e. The van der Waals surface area contributed by atoms with Crippen molar-refractivity contribution in [3.05, 3.63) is 0 Å². The van der Waals surface area contributed by atoms with Gasteiger partial charge in [0.25, 0.3) is 0 Å². The highest BCUT2D eigenvalue weighted by Crippen LogP contribution is 2.68. The highest BCUT2D eigenvalue weighted by Gasteiger charge is 2.60. The van der Waals surface area contributed by atoms with Gasteiger partial charge in [-0.05, 0) is 129 Å². The van der Waals surface area contributed by atoms with Gasteiger partial charge in [-0.15, -0.1) is 0 Å². The Hall–Kier alpha value is -0.530. The van der Waals surface area contributed by atoms with Gasteiger partial charge in [0, 0.05) is 6.42 Å². The van der Waals surface area contributed by atoms with Gasteiger partial charge in [0.2, 0.25) is 0 Å². The first-order chi connectivity index (χ1) is 16.6. The van der Waals surface area contributed by atoms with Gasteiger partial charge in [-0.2, -0.15) is 0 Å². The Kier molecular flexibility index (Phi) is 8.70. The van der Waals surface area contributed by atoms with Gasteiger partial charge in [-0.25, -0.2) is 0 Å². The molecule has 0 aromatic carbocycles. The molecule has 0 radical (unpaired) electrons. The fourth-order valence-corrected chi connectivity index (χ4v) is 10.4. The van der Waals surface area contributed by atoms with Crippen LogP contribution in [0.2, 0.25) is 0 Å². The zero-order valence-electron chi connectivity index (χ0n) is 24.4. The molecule has 4 aliphatic rings. The summed E-state index contributed by atoms with van der Waals surface area (Å²) in [5.74, 6) is 7.18. The van der Waals surface area contributed by atoms with Crippen LogP contribution in [0.3, 0.4) is 0 Å². The first-order valence-corrected chi connectivity index (χ1v) is 15.8. The van der Waals surface area contributed by atoms with E-state index in [0.29, 0.717) is 17.3 Å². The molecule has 0 N–H and O–H groups in total. The minimum Gasteiger partial charge on any atom is -0.462 e. The molecule has 2 heteroatoms. The van der Waals surface area contributed by atoms with Gasteiger partial charge in [-0.3, -0.25) is 4.79 Å². The molecule has 2 nitrogen and oxygen atoms in total. The number of hydrogen-bond donors (Lipinski definition) is 0. The zero-order valence-corrected chi connectivity index (χ0v) is 24.4. The van der Waals surface area contributed by atoms with Crippen molar-refractivity contribution >= 4 is 5.97 Å². The third-order valence-corrected chi connectivity index (χ3v) is 12.6. The molecule has 4 saturated carbocycles. The smallest absolute Gasteiger partial charge is 0.306 e. The summed E-state index contributed by atoms with van der Waals surface area (Å²) >= 11 is 0. The Morgan fingerprint density at radius 2 is 1.60 bits per heavy atom. The highest BCUT2D eigenvalue weighted by atomic mass is 16.5. The Morgan fingerprint density at radius 3 is 2.29 bits per heavy atom. The molecule has 4 rings (SSSR count). The number of carbonyl (C=O) groups is 1. The van der Waals surface area contributed by atoms with Crippen molar-refractivity contribution in [3.63, 3.8) is 0 Å². The lowest BCUT2D eigenvalue weighted by molar-refractivity contribution is -0.162. The lowest BCUT2D eigenvalue weighted by Crippen LogP contribution is -2.54. The fraction of sp³-hybridized carbons (Fsp3) is 0.970. The Bertz CT molecular complexity index is 714. The summed E-state index contributed by atoms with van der Waals surface area (Å²) in [5, 5.41) is 0. The molecule has 0 aliphatic heterocycles. The van der Waals surface area contributed by atoms with Gasteiger partial charge >= 0.3 is 5.97 Å². The van der Waals surface area contributed by atoms with Crippen molar-refractivity contribution < 1.29 is 9.53 Å². The molecular weight excluding hydrogens is 428 g/mol. The second kappa shape index (κ2) is 11.1. The normalized spacial score (nSPS) is 42.6. The Morgan fingerprint density at radius 1 is 0.886 bits per heavy atom. The summed E-state index contributed by atoms with van der Waals surface area (Å²) in [5.41, 5.74) is 1.06. The number of rotatable bonds is 9. The maximum atomic E-state index is 12.1. The topological polar surface area (TPSA) is 26.3 Å². The molecule has 0 saturated heterocycles. The molecule has 0 spiro atoms. The van der Waals surface area contributed by atoms with E-state index in [1.165, 1.54) is 64.2 Å². The van der Waals surface area contributed by atoms with Crippen LogP contribution in [0.25, 0.3) is 0 Å². The minimum absolute atomic E-state index is 0.0352. The second-order valence-electron chi connectivity index (χ2n) is 14.5. The molecule has 202 valence electrons. The average molecular weight is 487 g/mol. The van der Waals surface area contributed by atoms with Crippen LogP contribution in [0.15, 0.2) is 0 Å². The van der Waals surface area contributed by atoms with Crippen LogP contribution in [-0.2, 0) is 9.53 Å². The summed E-state index contributed by atoms with van der Waals surface area (Å²) < 4.78 is 5.91. The molecule has 10 atom stereocenters. The van der Waals surface area contributed by atoms with Crippen molar-refractivity contribution in [1.82, 2.24) is 0 Å². The summed E-state index contributed by atoms with van der Waals surface area (Å²) in [7, 11) is 0. The van der Waals surface area contributed by atoms with Gasteiger partial charge in [0.1, 0.15) is 6.10 Å². The SMILES string of the molecule is CCCC(=O)OC1CC[C@@]2(C)C(CC[C@H]3[C@@H]4CC[C@H]([C@H](C)CC[C@@H](CC)C(C)C)[C@@]4(C)CC[C@@H]32)C1. The van der Waals surface area contributed by atoms with Crippen LogP contribution in [0.1, 0.15) is 138 Å². The summed E-state index contributed by atoms with van der Waals surface area (Å²) in [6, 6.07) is 0. The van der Waals surface area contributed by atoms with E-state index in [4.69, 9.17) is 4.74 Å². The highest BCUT2D eigenvalue weighted by molar-refractivity contribution is 5.69. The summed E-state index contributed by atoms with van der Waals surface area (Å²) in [4.78, 5) is 12.1. The van der Waals surface area contributed by atoms with E-state index in [0.717, 1.165) is 66.6 Å². The van der Waals surface area contributed by atoms with Crippen molar-refractivity contribution in [2.45, 2.75) is 144 Å². The molecule has 4 aliphatic carbocycles. The van der Waals surface area contributed by atoms with E-state index in [2.05, 4.69) is 48.5 Å². The minimum atomic E-state index is 0.0352. The number of carbonyl (C=O) groups excluding carboxylic acids is 1. The predicted octanol–water partition coefficient (Wildman–Crippen LogP) is 9.46. The molecule has 0 bridgehead atoms. The van der Waals surface area contributed by atoms with E-state index >= 15 is 0 Å². The quantitative estimate of drug-likeness (QED) is 0.303. The van der Waals surface area contributed by atoms with Crippen LogP contribution in [-0.4, -0.2) is 12.1 Å². The lowest BCUT2D eigenvalue weighted by atomic mass is 9.44. The standard InChI is InChI=1S/C33H58O2/c1-8-10-31(34)35-26-17-19-32(6)25(21-26)13-14-27-29-16-15-28(33(29,7)20-18-30(27)32)23(5)11-12-24(9-2)22(3)4/h22-30H,8-21H2,1-7H3/t23-,24-,25?,26?,27+,28-,29+,30+,32+,33-/m1/s1. The van der Waals surface area contributed by atoms with Crippen LogP contribution < -0.4 is 0 Å². The van der Waals surface area contributed by atoms with Gasteiger partial charge in [0.15, 0.2) is 0 Å². The summed E-state index contributed by atoms with van der Waals surface area (Å²) in [6.07, 6.45) is 18.1. The molecule has 0 aromatic rings. The van der Waals surface area contributed by atoms with Gasteiger partial charge in [0.05, 0.1) is 0 Å². The molecule has 0 aromatic heterocycles. The molecular formula is C33H58O2. The van der Waals surface area contributed by atoms with Crippen molar-refractivity contribution in [1.29, 1.82) is 0 Å². The predicted molar refractivity (Wildman–Crippen MR) is 147 cm³/mol. The van der Waals surface area contributed by atoms with E-state index in [1.807, 2.05) is 0 Å². The molecule has 4 fully saturated rings. The van der Waals surface area contributed by atoms with E-state index in [9.17, 15) is 4.79 Å². The molecule has 2 unspecified atom stereocenters. The summed E-state index contributed by atoms with van der Waals surface area (Å²) in [6.45, 7) is 17.3. The van der Waals surface area contributed by atoms with E-state index in [1.54, 1.807) is 0 Å². The van der Waals surface area contributed by atoms with Crippen LogP contribution >= 0.6 is 0 Å². The Labute approximate surface area is 218 Å². The van der Waals surface area contributed by atoms with Crippen molar-refractivity contribution in [2.24, 2.45) is 58.2 Å². The number of ether oxygens (including phenoxy) is 1. The van der Waals surface area contributed by atoms with E-state index in [-0.39, 0.29) is 12.1 Å². The largest absolute Gasteiger partial charge is 0.462 e. The van der Waals surface area contributed by atoms with Crippen LogP contribution in [0.4, 0.5) is 0 Å².